The number of nitrogens with one attached hydrogen (secondary N) is 2. The number of hydrogen-bond donors (Lipinski definition) is 3. The lowest BCUT2D eigenvalue weighted by Crippen LogP contribution is -2.43. The van der Waals surface area contributed by atoms with Gasteiger partial charge in [-0.1, -0.05) is 30.3 Å². The molecule has 9 nitrogen and oxygen atoms in total. The summed E-state index contributed by atoms with van der Waals surface area (Å²) in [4.78, 5) is 29.4. The van der Waals surface area contributed by atoms with Gasteiger partial charge in [-0.2, -0.15) is 0 Å². The molecule has 3 aromatic rings. The number of allylic oxidation sites excluding steroid dienone is 2. The highest BCUT2D eigenvalue weighted by molar-refractivity contribution is 6.32. The summed E-state index contributed by atoms with van der Waals surface area (Å²) in [7, 11) is 3.88. The minimum absolute atomic E-state index is 0.0929. The molecule has 2 aliphatic rings. The largest absolute Gasteiger partial charge is 0.492 e. The molecule has 1 amide bonds. The first-order valence-corrected chi connectivity index (χ1v) is 13.9. The van der Waals surface area contributed by atoms with E-state index in [2.05, 4.69) is 32.6 Å². The topological polar surface area (TPSA) is 118 Å². The average Bonchev–Trinajstić information content (AvgIpc) is 2.97. The average molecular weight is 540 g/mol. The maximum absolute atomic E-state index is 13.0. The quantitative estimate of drug-likeness (QED) is 0.368. The van der Waals surface area contributed by atoms with E-state index >= 15 is 0 Å². The molecule has 40 heavy (non-hydrogen) atoms. The summed E-state index contributed by atoms with van der Waals surface area (Å²) in [5.41, 5.74) is 13.0. The highest BCUT2D eigenvalue weighted by Crippen LogP contribution is 2.33. The van der Waals surface area contributed by atoms with Gasteiger partial charge >= 0.3 is 0 Å². The highest BCUT2D eigenvalue weighted by Gasteiger charge is 2.25. The number of aliphatic imine (C=N–C) groups is 1. The summed E-state index contributed by atoms with van der Waals surface area (Å²) in [5, 5.41) is 6.48. The van der Waals surface area contributed by atoms with Crippen LogP contribution < -0.4 is 21.1 Å². The number of ether oxygens (including phenoxy) is 1. The van der Waals surface area contributed by atoms with Crippen LogP contribution in [0.2, 0.25) is 0 Å². The maximum atomic E-state index is 13.0. The molecular formula is C31H37N7O2. The Balaban J connectivity index is 1.40. The molecule has 4 N–H and O–H groups in total. The van der Waals surface area contributed by atoms with E-state index in [9.17, 15) is 4.79 Å². The van der Waals surface area contributed by atoms with Crippen molar-refractivity contribution in [2.75, 3.05) is 39.1 Å². The van der Waals surface area contributed by atoms with Gasteiger partial charge in [0.25, 0.3) is 5.91 Å². The number of benzene rings is 2. The van der Waals surface area contributed by atoms with Gasteiger partial charge in [-0.15, -0.1) is 0 Å². The molecule has 0 unspecified atom stereocenters. The molecule has 1 aromatic heterocycles. The summed E-state index contributed by atoms with van der Waals surface area (Å²) in [6.07, 6.45) is 5.23. The monoisotopic (exact) mass is 539 g/mol. The van der Waals surface area contributed by atoms with Crippen molar-refractivity contribution < 1.29 is 9.53 Å². The normalized spacial score (nSPS) is 16.4. The third-order valence-corrected chi connectivity index (χ3v) is 7.44. The molecule has 0 radical (unpaired) electrons. The predicted octanol–water partition coefficient (Wildman–Crippen LogP) is 4.18. The number of carbonyl (C=O) groups is 1. The van der Waals surface area contributed by atoms with E-state index in [0.717, 1.165) is 72.6 Å². The summed E-state index contributed by atoms with van der Waals surface area (Å²) in [5.74, 6) is 0.888. The van der Waals surface area contributed by atoms with E-state index < -0.39 is 0 Å². The van der Waals surface area contributed by atoms with Crippen LogP contribution in [0.15, 0.2) is 65.4 Å². The Bertz CT molecular complexity index is 1430. The summed E-state index contributed by atoms with van der Waals surface area (Å²) in [6, 6.07) is 15.6. The molecule has 5 rings (SSSR count). The smallest absolute Gasteiger partial charge is 0.251 e. The Hall–Kier alpha value is -4.24. The highest BCUT2D eigenvalue weighted by atomic mass is 16.5. The van der Waals surface area contributed by atoms with Gasteiger partial charge in [0.05, 0.1) is 23.7 Å². The second-order valence-electron chi connectivity index (χ2n) is 10.2. The van der Waals surface area contributed by atoms with Crippen LogP contribution in [0.25, 0.3) is 5.57 Å². The van der Waals surface area contributed by atoms with Gasteiger partial charge in [0.1, 0.15) is 5.75 Å². The number of anilines is 2. The molecule has 9 heteroatoms. The zero-order valence-electron chi connectivity index (χ0n) is 23.4. The number of fused-ring (bicyclic) bond motifs is 1. The first-order valence-electron chi connectivity index (χ1n) is 13.9. The number of aryl methyl sites for hydroxylation is 1. The van der Waals surface area contributed by atoms with Crippen LogP contribution in [0, 0.1) is 0 Å². The van der Waals surface area contributed by atoms with Crippen LogP contribution >= 0.6 is 0 Å². The molecule has 1 saturated heterocycles. The van der Waals surface area contributed by atoms with E-state index in [1.165, 1.54) is 0 Å². The molecule has 1 fully saturated rings. The minimum atomic E-state index is -0.0929. The van der Waals surface area contributed by atoms with E-state index in [-0.39, 0.29) is 11.9 Å². The number of rotatable bonds is 8. The fourth-order valence-corrected chi connectivity index (χ4v) is 5.24. The van der Waals surface area contributed by atoms with Gasteiger partial charge in [-0.3, -0.25) is 9.79 Å². The summed E-state index contributed by atoms with van der Waals surface area (Å²) in [6.45, 7) is 4.34. The second kappa shape index (κ2) is 12.3. The van der Waals surface area contributed by atoms with Crippen LogP contribution in [0.3, 0.4) is 0 Å². The number of carbonyl (C=O) groups excluding carboxylic acids is 1. The van der Waals surface area contributed by atoms with E-state index in [1.807, 2.05) is 49.5 Å². The molecule has 0 bridgehead atoms. The third-order valence-electron chi connectivity index (χ3n) is 7.44. The first kappa shape index (κ1) is 27.3. The fourth-order valence-electron chi connectivity index (χ4n) is 5.24. The number of piperidine rings is 1. The SMILES string of the molecule is CCOc1cc(C(=O)NC2CCN(C)CC2)ccc1Nc1ncc2c(n1)C(C(=NC)c1ccccc1)=C(N)CC2. The molecule has 208 valence electrons. The maximum Gasteiger partial charge on any atom is 0.251 e. The van der Waals surface area contributed by atoms with E-state index in [1.54, 1.807) is 19.2 Å². The van der Waals surface area contributed by atoms with Crippen molar-refractivity contribution in [1.82, 2.24) is 20.2 Å². The van der Waals surface area contributed by atoms with Gasteiger partial charge in [-0.25, -0.2) is 9.97 Å². The van der Waals surface area contributed by atoms with Gasteiger partial charge < -0.3 is 26.0 Å². The van der Waals surface area contributed by atoms with Gasteiger partial charge in [0.15, 0.2) is 0 Å². The third kappa shape index (κ3) is 5.99. The fraction of sp³-hybridized carbons (Fsp3) is 0.355. The number of nitrogens with two attached hydrogens (primary N) is 1. The minimum Gasteiger partial charge on any atom is -0.492 e. The van der Waals surface area contributed by atoms with Gasteiger partial charge in [-0.05, 0) is 76.5 Å². The Morgan fingerprint density at radius 2 is 1.90 bits per heavy atom. The second-order valence-corrected chi connectivity index (χ2v) is 10.2. The first-order chi connectivity index (χ1) is 19.5. The van der Waals surface area contributed by atoms with Crippen molar-refractivity contribution in [1.29, 1.82) is 0 Å². The van der Waals surface area contributed by atoms with E-state index in [4.69, 9.17) is 15.5 Å². The number of aromatic nitrogens is 2. The zero-order chi connectivity index (χ0) is 28.1. The van der Waals surface area contributed by atoms with Crippen molar-refractivity contribution in [2.24, 2.45) is 10.7 Å². The lowest BCUT2D eigenvalue weighted by molar-refractivity contribution is 0.0916. The summed E-state index contributed by atoms with van der Waals surface area (Å²) >= 11 is 0. The van der Waals surface area contributed by atoms with Crippen molar-refractivity contribution in [3.05, 3.63) is 82.8 Å². The molecule has 0 atom stereocenters. The number of hydrogen-bond acceptors (Lipinski definition) is 8. The van der Waals surface area contributed by atoms with Gasteiger partial charge in [0, 0.05) is 41.7 Å². The Kier molecular flexibility index (Phi) is 8.40. The number of likely N-dealkylation sites (tertiary alicyclic amines) is 1. The lowest BCUT2D eigenvalue weighted by atomic mass is 9.88. The molecule has 1 aliphatic heterocycles. The summed E-state index contributed by atoms with van der Waals surface area (Å²) < 4.78 is 5.92. The van der Waals surface area contributed by atoms with Gasteiger partial charge in [0.2, 0.25) is 5.95 Å². The molecular weight excluding hydrogens is 502 g/mol. The van der Waals surface area contributed by atoms with E-state index in [0.29, 0.717) is 29.6 Å². The van der Waals surface area contributed by atoms with Crippen molar-refractivity contribution in [2.45, 2.75) is 38.6 Å². The zero-order valence-corrected chi connectivity index (χ0v) is 23.4. The van der Waals surface area contributed by atoms with Crippen LogP contribution in [0.5, 0.6) is 5.75 Å². The van der Waals surface area contributed by atoms with Crippen LogP contribution in [-0.4, -0.2) is 66.3 Å². The van der Waals surface area contributed by atoms with Crippen LogP contribution in [-0.2, 0) is 6.42 Å². The van der Waals surface area contributed by atoms with Crippen LogP contribution in [0.1, 0.15) is 53.4 Å². The molecule has 2 aromatic carbocycles. The lowest BCUT2D eigenvalue weighted by Gasteiger charge is -2.29. The number of nitrogens with zero attached hydrogens (tertiary/aromatic N) is 4. The van der Waals surface area contributed by atoms with Crippen LogP contribution in [0.4, 0.5) is 11.6 Å². The molecule has 0 spiro atoms. The Morgan fingerprint density at radius 1 is 1.12 bits per heavy atom. The molecule has 2 heterocycles. The Labute approximate surface area is 235 Å². The predicted molar refractivity (Wildman–Crippen MR) is 159 cm³/mol. The van der Waals surface area contributed by atoms with Crippen molar-refractivity contribution >= 4 is 28.8 Å². The Morgan fingerprint density at radius 3 is 2.62 bits per heavy atom. The number of amides is 1. The van der Waals surface area contributed by atoms with Crippen molar-refractivity contribution in [3.8, 4) is 5.75 Å². The van der Waals surface area contributed by atoms with Crippen molar-refractivity contribution in [3.63, 3.8) is 0 Å². The standard InChI is InChI=1S/C31H37N7O2/c1-4-40-26-18-21(30(39)35-23-14-16-38(3)17-15-23)11-13-25(26)36-31-34-19-22-10-12-24(32)27(29(22)37-31)28(33-2)20-8-6-5-7-9-20/h5-9,11,13,18-19,23H,4,10,12,14-17,32H2,1-3H3,(H,35,39)(H,34,36,37). The molecule has 0 saturated carbocycles. The molecule has 1 aliphatic carbocycles.